The van der Waals surface area contributed by atoms with Crippen LogP contribution in [0.15, 0.2) is 6.07 Å². The van der Waals surface area contributed by atoms with Crippen molar-refractivity contribution in [1.82, 2.24) is 10.2 Å². The van der Waals surface area contributed by atoms with Gasteiger partial charge in [0.05, 0.1) is 0 Å². The van der Waals surface area contributed by atoms with E-state index in [1.165, 1.54) is 42.1 Å². The lowest BCUT2D eigenvalue weighted by Gasteiger charge is -2.23. The molecule has 0 unspecified atom stereocenters. The van der Waals surface area contributed by atoms with Gasteiger partial charge in [-0.05, 0) is 62.9 Å². The maximum Gasteiger partial charge on any atom is 0.0299 e. The lowest BCUT2D eigenvalue weighted by Crippen LogP contribution is -2.25. The molecule has 2 heterocycles. The Morgan fingerprint density at radius 1 is 1.30 bits per heavy atom. The summed E-state index contributed by atoms with van der Waals surface area (Å²) in [6, 6.07) is 2.42. The average Bonchev–Trinajstić information content (AvgIpc) is 2.63. The minimum atomic E-state index is 0.536. The zero-order chi connectivity index (χ0) is 14.6. The van der Waals surface area contributed by atoms with Gasteiger partial charge in [0.2, 0.25) is 0 Å². The highest BCUT2D eigenvalue weighted by Crippen LogP contribution is 2.31. The molecule has 0 radical (unpaired) electrons. The molecule has 20 heavy (non-hydrogen) atoms. The largest absolute Gasteiger partial charge is 0.312 e. The number of nitrogens with one attached hydrogen (secondary N) is 1. The van der Waals surface area contributed by atoms with Gasteiger partial charge in [-0.15, -0.1) is 11.3 Å². The second-order valence-corrected chi connectivity index (χ2v) is 8.21. The van der Waals surface area contributed by atoms with E-state index in [0.29, 0.717) is 5.41 Å². The third-order valence-corrected chi connectivity index (χ3v) is 5.54. The second kappa shape index (κ2) is 7.06. The van der Waals surface area contributed by atoms with Gasteiger partial charge in [0.15, 0.2) is 0 Å². The Bertz CT molecular complexity index is 423. The van der Waals surface area contributed by atoms with Crippen molar-refractivity contribution in [2.75, 3.05) is 19.6 Å². The summed E-state index contributed by atoms with van der Waals surface area (Å²) in [4.78, 5) is 5.64. The molecule has 1 aliphatic rings. The van der Waals surface area contributed by atoms with Crippen LogP contribution >= 0.6 is 11.3 Å². The van der Waals surface area contributed by atoms with Crippen LogP contribution in [0.4, 0.5) is 0 Å². The molecule has 2 rings (SSSR count). The molecule has 0 spiro atoms. The van der Waals surface area contributed by atoms with Gasteiger partial charge < -0.3 is 5.32 Å². The number of thiophene rings is 1. The third-order valence-electron chi connectivity index (χ3n) is 4.45. The van der Waals surface area contributed by atoms with Crippen LogP contribution in [-0.2, 0) is 13.1 Å². The van der Waals surface area contributed by atoms with E-state index in [4.69, 9.17) is 0 Å². The average molecular weight is 295 g/mol. The zero-order valence-corrected chi connectivity index (χ0v) is 14.4. The summed E-state index contributed by atoms with van der Waals surface area (Å²) in [7, 11) is 0. The first-order valence-corrected chi connectivity index (χ1v) is 8.83. The Kier molecular flexibility index (Phi) is 5.65. The number of nitrogens with zero attached hydrogens (tertiary/aromatic N) is 1. The lowest BCUT2D eigenvalue weighted by molar-refractivity contribution is 0.256. The topological polar surface area (TPSA) is 15.3 Å². The Labute approximate surface area is 128 Å². The first kappa shape index (κ1) is 16.0. The van der Waals surface area contributed by atoms with Crippen molar-refractivity contribution in [1.29, 1.82) is 0 Å². The maximum absolute atomic E-state index is 3.43. The van der Waals surface area contributed by atoms with E-state index in [9.17, 15) is 0 Å². The highest BCUT2D eigenvalue weighted by atomic mass is 32.1. The van der Waals surface area contributed by atoms with Crippen molar-refractivity contribution in [2.24, 2.45) is 5.41 Å². The van der Waals surface area contributed by atoms with Crippen LogP contribution < -0.4 is 5.32 Å². The van der Waals surface area contributed by atoms with Gasteiger partial charge >= 0.3 is 0 Å². The summed E-state index contributed by atoms with van der Waals surface area (Å²) in [6.45, 7) is 15.0. The molecule has 1 aromatic rings. The van der Waals surface area contributed by atoms with E-state index in [-0.39, 0.29) is 0 Å². The summed E-state index contributed by atoms with van der Waals surface area (Å²) in [5, 5.41) is 3.43. The van der Waals surface area contributed by atoms with Crippen molar-refractivity contribution >= 4 is 11.3 Å². The molecule has 1 fully saturated rings. The van der Waals surface area contributed by atoms with E-state index in [2.05, 4.69) is 44.0 Å². The molecule has 0 saturated carbocycles. The first-order valence-electron chi connectivity index (χ1n) is 8.01. The van der Waals surface area contributed by atoms with Crippen LogP contribution in [0, 0.1) is 12.3 Å². The minimum absolute atomic E-state index is 0.536. The molecule has 0 atom stereocenters. The van der Waals surface area contributed by atoms with E-state index in [0.717, 1.165) is 19.6 Å². The minimum Gasteiger partial charge on any atom is -0.312 e. The van der Waals surface area contributed by atoms with Crippen LogP contribution in [0.5, 0.6) is 0 Å². The van der Waals surface area contributed by atoms with Crippen molar-refractivity contribution < 1.29 is 0 Å². The molecule has 1 aliphatic heterocycles. The fourth-order valence-corrected chi connectivity index (χ4v) is 3.98. The summed E-state index contributed by atoms with van der Waals surface area (Å²) in [5.74, 6) is 0. The van der Waals surface area contributed by atoms with Crippen molar-refractivity contribution in [3.63, 3.8) is 0 Å². The normalized spacial score (nSPS) is 20.0. The van der Waals surface area contributed by atoms with E-state index >= 15 is 0 Å². The van der Waals surface area contributed by atoms with Gasteiger partial charge in [0, 0.05) is 22.8 Å². The summed E-state index contributed by atoms with van der Waals surface area (Å²) >= 11 is 1.96. The molecule has 2 nitrogen and oxygen atoms in total. The van der Waals surface area contributed by atoms with E-state index in [1.54, 1.807) is 5.56 Å². The van der Waals surface area contributed by atoms with Gasteiger partial charge in [0.25, 0.3) is 0 Å². The fraction of sp³-hybridized carbons (Fsp3) is 0.765. The van der Waals surface area contributed by atoms with E-state index < -0.39 is 0 Å². The number of hydrogen-bond acceptors (Lipinski definition) is 3. The van der Waals surface area contributed by atoms with Gasteiger partial charge in [-0.1, -0.05) is 20.8 Å². The number of aryl methyl sites for hydroxylation is 1. The fourth-order valence-electron chi connectivity index (χ4n) is 2.96. The van der Waals surface area contributed by atoms with Crippen LogP contribution in [-0.4, -0.2) is 24.5 Å². The van der Waals surface area contributed by atoms with Gasteiger partial charge in [-0.3, -0.25) is 4.90 Å². The highest BCUT2D eigenvalue weighted by molar-refractivity contribution is 7.12. The van der Waals surface area contributed by atoms with Crippen molar-refractivity contribution in [3.8, 4) is 0 Å². The van der Waals surface area contributed by atoms with Crippen LogP contribution in [0.25, 0.3) is 0 Å². The summed E-state index contributed by atoms with van der Waals surface area (Å²) in [6.07, 6.45) is 4.05. The lowest BCUT2D eigenvalue weighted by atomic mass is 9.85. The van der Waals surface area contributed by atoms with Crippen LogP contribution in [0.2, 0.25) is 0 Å². The zero-order valence-electron chi connectivity index (χ0n) is 13.6. The molecule has 1 saturated heterocycles. The monoisotopic (exact) mass is 294 g/mol. The molecule has 3 heteroatoms. The molecule has 114 valence electrons. The standard InChI is InChI=1S/C17H30N2S/c1-5-18-12-16-11-15(14(2)20-16)13-19-9-6-7-17(3,4)8-10-19/h11,18H,5-10,12-13H2,1-4H3. The molecule has 0 bridgehead atoms. The van der Waals surface area contributed by atoms with Crippen LogP contribution in [0.1, 0.15) is 55.4 Å². The molecule has 0 amide bonds. The predicted octanol–water partition coefficient (Wildman–Crippen LogP) is 4.18. The van der Waals surface area contributed by atoms with Crippen LogP contribution in [0.3, 0.4) is 0 Å². The van der Waals surface area contributed by atoms with E-state index in [1.807, 2.05) is 11.3 Å². The molecule has 0 aromatic carbocycles. The first-order chi connectivity index (χ1) is 9.50. The Balaban J connectivity index is 1.94. The molecular weight excluding hydrogens is 264 g/mol. The summed E-state index contributed by atoms with van der Waals surface area (Å²) < 4.78 is 0. The van der Waals surface area contributed by atoms with Gasteiger partial charge in [0.1, 0.15) is 0 Å². The highest BCUT2D eigenvalue weighted by Gasteiger charge is 2.23. The molecule has 1 N–H and O–H groups in total. The SMILES string of the molecule is CCNCc1cc(CN2CCCC(C)(C)CC2)c(C)s1. The Morgan fingerprint density at radius 2 is 2.10 bits per heavy atom. The smallest absolute Gasteiger partial charge is 0.0299 e. The maximum atomic E-state index is 3.43. The Hall–Kier alpha value is -0.380. The van der Waals surface area contributed by atoms with Gasteiger partial charge in [-0.25, -0.2) is 0 Å². The summed E-state index contributed by atoms with van der Waals surface area (Å²) in [5.41, 5.74) is 2.08. The quantitative estimate of drug-likeness (QED) is 0.876. The number of rotatable bonds is 5. The third kappa shape index (κ3) is 4.57. The van der Waals surface area contributed by atoms with Gasteiger partial charge in [-0.2, -0.15) is 0 Å². The Morgan fingerprint density at radius 3 is 2.85 bits per heavy atom. The number of hydrogen-bond donors (Lipinski definition) is 1. The molecule has 1 aromatic heterocycles. The van der Waals surface area contributed by atoms with Crippen molar-refractivity contribution in [3.05, 3.63) is 21.4 Å². The predicted molar refractivity (Wildman–Crippen MR) is 89.3 cm³/mol. The van der Waals surface area contributed by atoms with Crippen molar-refractivity contribution in [2.45, 2.75) is 60.0 Å². The second-order valence-electron chi connectivity index (χ2n) is 6.87. The number of likely N-dealkylation sites (tertiary alicyclic amines) is 1. The molecular formula is C17H30N2S. The molecule has 0 aliphatic carbocycles.